The zero-order valence-corrected chi connectivity index (χ0v) is 17.5. The van der Waals surface area contributed by atoms with Crippen molar-refractivity contribution in [2.75, 3.05) is 0 Å². The lowest BCUT2D eigenvalue weighted by Gasteiger charge is -2.22. The lowest BCUT2D eigenvalue weighted by atomic mass is 9.84. The molecule has 3 N–H and O–H groups in total. The molecular weight excluding hydrogens is 396 g/mol. The zero-order valence-electron chi connectivity index (χ0n) is 15.8. The number of primary sulfonamides is 1. The third kappa shape index (κ3) is 5.00. The van der Waals surface area contributed by atoms with Crippen LogP contribution in [0.3, 0.4) is 0 Å². The highest BCUT2D eigenvalue weighted by Gasteiger charge is 2.21. The Balaban J connectivity index is 1.76. The summed E-state index contributed by atoms with van der Waals surface area (Å²) in [7, 11) is -7.58. The maximum atomic E-state index is 12.7. The molecule has 0 radical (unpaired) electrons. The van der Waals surface area contributed by atoms with Gasteiger partial charge in [0.1, 0.15) is 0 Å². The topological polar surface area (TPSA) is 106 Å². The SMILES string of the molecule is CC(NS(=O)(=O)c1ccc(C2CCCCC2)cc1)c1cccc(S(N)(=O)=O)c1. The zero-order chi connectivity index (χ0) is 20.4. The normalized spacial score (nSPS) is 17.4. The second kappa shape index (κ2) is 8.32. The molecule has 8 heteroatoms. The van der Waals surface area contributed by atoms with E-state index in [0.29, 0.717) is 11.5 Å². The molecule has 1 unspecified atom stereocenters. The number of rotatable bonds is 6. The van der Waals surface area contributed by atoms with E-state index in [1.165, 1.54) is 37.0 Å². The molecule has 1 saturated carbocycles. The predicted octanol–water partition coefficient (Wildman–Crippen LogP) is 3.42. The summed E-state index contributed by atoms with van der Waals surface area (Å²) in [4.78, 5) is 0.148. The molecule has 0 heterocycles. The van der Waals surface area contributed by atoms with E-state index in [0.717, 1.165) is 12.8 Å². The van der Waals surface area contributed by atoms with Crippen molar-refractivity contribution < 1.29 is 16.8 Å². The Labute approximate surface area is 167 Å². The van der Waals surface area contributed by atoms with Crippen molar-refractivity contribution in [3.63, 3.8) is 0 Å². The summed E-state index contributed by atoms with van der Waals surface area (Å²) in [6, 6.07) is 12.4. The number of hydrogen-bond donors (Lipinski definition) is 2. The highest BCUT2D eigenvalue weighted by molar-refractivity contribution is 7.89. The van der Waals surface area contributed by atoms with Crippen molar-refractivity contribution >= 4 is 20.0 Å². The Morgan fingerprint density at radius 1 is 0.929 bits per heavy atom. The van der Waals surface area contributed by atoms with Crippen molar-refractivity contribution in [1.29, 1.82) is 0 Å². The number of hydrogen-bond acceptors (Lipinski definition) is 4. The van der Waals surface area contributed by atoms with Crippen LogP contribution in [0.5, 0.6) is 0 Å². The molecule has 0 amide bonds. The van der Waals surface area contributed by atoms with Gasteiger partial charge in [0.25, 0.3) is 0 Å². The molecule has 1 fully saturated rings. The van der Waals surface area contributed by atoms with Crippen molar-refractivity contribution in [3.8, 4) is 0 Å². The van der Waals surface area contributed by atoms with Gasteiger partial charge < -0.3 is 0 Å². The first-order valence-corrected chi connectivity index (χ1v) is 12.4. The highest BCUT2D eigenvalue weighted by Crippen LogP contribution is 2.33. The van der Waals surface area contributed by atoms with Gasteiger partial charge in [0.05, 0.1) is 9.79 Å². The molecule has 0 aliphatic heterocycles. The van der Waals surface area contributed by atoms with Gasteiger partial charge in [0, 0.05) is 6.04 Å². The van der Waals surface area contributed by atoms with E-state index in [9.17, 15) is 16.8 Å². The van der Waals surface area contributed by atoms with E-state index in [1.54, 1.807) is 31.2 Å². The van der Waals surface area contributed by atoms with Gasteiger partial charge >= 0.3 is 0 Å². The van der Waals surface area contributed by atoms with Crippen LogP contribution in [0.1, 0.15) is 62.1 Å². The van der Waals surface area contributed by atoms with Crippen LogP contribution in [0, 0.1) is 0 Å². The van der Waals surface area contributed by atoms with Crippen molar-refractivity contribution in [2.45, 2.75) is 60.8 Å². The van der Waals surface area contributed by atoms with E-state index < -0.39 is 26.1 Å². The van der Waals surface area contributed by atoms with Gasteiger partial charge in [-0.05, 0) is 61.1 Å². The molecule has 28 heavy (non-hydrogen) atoms. The average Bonchev–Trinajstić information content (AvgIpc) is 2.68. The predicted molar refractivity (Wildman–Crippen MR) is 109 cm³/mol. The smallest absolute Gasteiger partial charge is 0.225 e. The molecule has 0 aromatic heterocycles. The monoisotopic (exact) mass is 422 g/mol. The molecule has 1 aliphatic carbocycles. The molecule has 6 nitrogen and oxygen atoms in total. The first-order chi connectivity index (χ1) is 13.2. The van der Waals surface area contributed by atoms with Crippen molar-refractivity contribution in [3.05, 3.63) is 59.7 Å². The molecule has 0 saturated heterocycles. The number of sulfonamides is 2. The summed E-state index contributed by atoms with van der Waals surface area (Å²) < 4.78 is 51.1. The summed E-state index contributed by atoms with van der Waals surface area (Å²) >= 11 is 0. The van der Waals surface area contributed by atoms with Crippen LogP contribution in [0.4, 0.5) is 0 Å². The molecular formula is C20H26N2O4S2. The van der Waals surface area contributed by atoms with Gasteiger partial charge in [-0.2, -0.15) is 0 Å². The summed E-state index contributed by atoms with van der Waals surface area (Å²) in [6.07, 6.45) is 6.03. The highest BCUT2D eigenvalue weighted by atomic mass is 32.2. The van der Waals surface area contributed by atoms with Gasteiger partial charge in [-0.25, -0.2) is 26.7 Å². The number of nitrogens with one attached hydrogen (secondary N) is 1. The molecule has 152 valence electrons. The summed E-state index contributed by atoms with van der Waals surface area (Å²) in [5.74, 6) is 0.512. The van der Waals surface area contributed by atoms with E-state index in [-0.39, 0.29) is 9.79 Å². The third-order valence-corrected chi connectivity index (χ3v) is 7.75. The Hall–Kier alpha value is -1.74. The van der Waals surface area contributed by atoms with Gasteiger partial charge in [-0.1, -0.05) is 43.5 Å². The third-order valence-electron chi connectivity index (χ3n) is 5.29. The summed E-state index contributed by atoms with van der Waals surface area (Å²) in [5, 5.41) is 5.15. The molecule has 0 bridgehead atoms. The molecule has 1 aliphatic rings. The Bertz CT molecular complexity index is 1030. The fourth-order valence-corrected chi connectivity index (χ4v) is 5.49. The van der Waals surface area contributed by atoms with Gasteiger partial charge in [0.15, 0.2) is 0 Å². The van der Waals surface area contributed by atoms with E-state index in [4.69, 9.17) is 5.14 Å². The minimum Gasteiger partial charge on any atom is -0.225 e. The van der Waals surface area contributed by atoms with E-state index in [2.05, 4.69) is 4.72 Å². The quantitative estimate of drug-likeness (QED) is 0.744. The van der Waals surface area contributed by atoms with Crippen LogP contribution in [0.2, 0.25) is 0 Å². The van der Waals surface area contributed by atoms with E-state index in [1.807, 2.05) is 12.1 Å². The average molecular weight is 423 g/mol. The lowest BCUT2D eigenvalue weighted by Crippen LogP contribution is -2.27. The second-order valence-electron chi connectivity index (χ2n) is 7.36. The number of benzene rings is 2. The fourth-order valence-electron chi connectivity index (χ4n) is 3.68. The minimum atomic E-state index is -3.85. The first kappa shape index (κ1) is 21.0. The molecule has 2 aromatic carbocycles. The lowest BCUT2D eigenvalue weighted by molar-refractivity contribution is 0.443. The molecule has 0 spiro atoms. The standard InChI is InChI=1S/C20H26N2O4S2/c1-15(18-8-5-9-20(14-18)27(21,23)24)22-28(25,26)19-12-10-17(11-13-19)16-6-3-2-4-7-16/h5,8-16,22H,2-4,6-7H2,1H3,(H2,21,23,24). The second-order valence-corrected chi connectivity index (χ2v) is 10.6. The largest absolute Gasteiger partial charge is 0.241 e. The van der Waals surface area contributed by atoms with Crippen LogP contribution < -0.4 is 9.86 Å². The maximum absolute atomic E-state index is 12.7. The van der Waals surface area contributed by atoms with Gasteiger partial charge in [0.2, 0.25) is 20.0 Å². The fraction of sp³-hybridized carbons (Fsp3) is 0.400. The first-order valence-electron chi connectivity index (χ1n) is 9.42. The Morgan fingerprint density at radius 3 is 2.18 bits per heavy atom. The molecule has 1 atom stereocenters. The van der Waals surface area contributed by atoms with Crippen LogP contribution in [-0.2, 0) is 20.0 Å². The van der Waals surface area contributed by atoms with Crippen molar-refractivity contribution in [1.82, 2.24) is 4.72 Å². The van der Waals surface area contributed by atoms with Crippen molar-refractivity contribution in [2.24, 2.45) is 5.14 Å². The summed E-state index contributed by atoms with van der Waals surface area (Å²) in [6.45, 7) is 1.66. The molecule has 2 aromatic rings. The van der Waals surface area contributed by atoms with Crippen LogP contribution in [-0.4, -0.2) is 16.8 Å². The van der Waals surface area contributed by atoms with Gasteiger partial charge in [-0.3, -0.25) is 0 Å². The summed E-state index contributed by atoms with van der Waals surface area (Å²) in [5.41, 5.74) is 1.71. The van der Waals surface area contributed by atoms with Crippen LogP contribution in [0.25, 0.3) is 0 Å². The Morgan fingerprint density at radius 2 is 1.57 bits per heavy atom. The number of nitrogens with two attached hydrogens (primary N) is 1. The van der Waals surface area contributed by atoms with Crippen LogP contribution >= 0.6 is 0 Å². The molecule has 3 rings (SSSR count). The minimum absolute atomic E-state index is 0.0483. The van der Waals surface area contributed by atoms with Crippen LogP contribution in [0.15, 0.2) is 58.3 Å². The van der Waals surface area contributed by atoms with Gasteiger partial charge in [-0.15, -0.1) is 0 Å². The Kier molecular flexibility index (Phi) is 6.24. The van der Waals surface area contributed by atoms with E-state index >= 15 is 0 Å². The maximum Gasteiger partial charge on any atom is 0.241 e.